The number of hydrogen-bond donors (Lipinski definition) is 2. The first-order valence-corrected chi connectivity index (χ1v) is 5.12. The van der Waals surface area contributed by atoms with E-state index in [0.717, 1.165) is 6.42 Å². The molecule has 2 unspecified atom stereocenters. The van der Waals surface area contributed by atoms with Crippen molar-refractivity contribution in [1.82, 2.24) is 0 Å². The summed E-state index contributed by atoms with van der Waals surface area (Å²) < 4.78 is 5.33. The molecular formula is C10H22O3. The van der Waals surface area contributed by atoms with Crippen molar-refractivity contribution in [2.45, 2.75) is 51.7 Å². The first-order valence-electron chi connectivity index (χ1n) is 5.12. The molecule has 0 aliphatic carbocycles. The molecule has 3 heteroatoms. The second-order valence-electron chi connectivity index (χ2n) is 3.39. The summed E-state index contributed by atoms with van der Waals surface area (Å²) in [4.78, 5) is 0. The zero-order valence-electron chi connectivity index (χ0n) is 8.70. The fourth-order valence-corrected chi connectivity index (χ4v) is 1.06. The smallest absolute Gasteiger partial charge is 0.103 e. The van der Waals surface area contributed by atoms with Gasteiger partial charge >= 0.3 is 0 Å². The molecule has 80 valence electrons. The summed E-state index contributed by atoms with van der Waals surface area (Å²) in [7, 11) is 0. The third-order valence-corrected chi connectivity index (χ3v) is 2.11. The number of aliphatic hydroxyl groups is 2. The summed E-state index contributed by atoms with van der Waals surface area (Å²) in [5.74, 6) is 0. The molecule has 0 spiro atoms. The first-order chi connectivity index (χ1) is 6.22. The van der Waals surface area contributed by atoms with Gasteiger partial charge in [-0.1, -0.05) is 26.2 Å². The molecule has 0 saturated heterocycles. The van der Waals surface area contributed by atoms with Crippen molar-refractivity contribution in [1.29, 1.82) is 0 Å². The molecule has 0 fully saturated rings. The van der Waals surface area contributed by atoms with Gasteiger partial charge in [-0.05, 0) is 13.3 Å². The van der Waals surface area contributed by atoms with Crippen LogP contribution in [0, 0.1) is 0 Å². The molecular weight excluding hydrogens is 168 g/mol. The third kappa shape index (κ3) is 6.99. The molecule has 0 aromatic carbocycles. The van der Waals surface area contributed by atoms with Crippen LogP contribution in [-0.2, 0) is 4.74 Å². The van der Waals surface area contributed by atoms with Crippen molar-refractivity contribution in [2.24, 2.45) is 0 Å². The summed E-state index contributed by atoms with van der Waals surface area (Å²) in [5, 5.41) is 17.8. The van der Waals surface area contributed by atoms with E-state index in [1.165, 1.54) is 19.3 Å². The summed E-state index contributed by atoms with van der Waals surface area (Å²) in [6.07, 6.45) is 3.67. The van der Waals surface area contributed by atoms with Crippen LogP contribution in [-0.4, -0.2) is 35.6 Å². The van der Waals surface area contributed by atoms with Gasteiger partial charge in [-0.2, -0.15) is 0 Å². The Bertz CT molecular complexity index is 106. The van der Waals surface area contributed by atoms with E-state index in [-0.39, 0.29) is 12.7 Å². The van der Waals surface area contributed by atoms with E-state index in [1.54, 1.807) is 6.92 Å². The van der Waals surface area contributed by atoms with Crippen molar-refractivity contribution >= 4 is 0 Å². The Morgan fingerprint density at radius 1 is 1.23 bits per heavy atom. The molecule has 2 atom stereocenters. The van der Waals surface area contributed by atoms with Gasteiger partial charge in [-0.25, -0.2) is 0 Å². The van der Waals surface area contributed by atoms with Gasteiger partial charge in [0.25, 0.3) is 0 Å². The van der Waals surface area contributed by atoms with Gasteiger partial charge in [-0.15, -0.1) is 0 Å². The van der Waals surface area contributed by atoms with Crippen LogP contribution < -0.4 is 0 Å². The van der Waals surface area contributed by atoms with Crippen LogP contribution in [0.1, 0.15) is 39.5 Å². The fourth-order valence-electron chi connectivity index (χ4n) is 1.06. The molecule has 0 bridgehead atoms. The average molecular weight is 190 g/mol. The standard InChI is InChI=1S/C10H22O3/c1-3-4-5-6-7-13-9(2)10(12)8-11/h9-12H,3-8H2,1-2H3. The van der Waals surface area contributed by atoms with E-state index >= 15 is 0 Å². The lowest BCUT2D eigenvalue weighted by molar-refractivity contribution is -0.0490. The van der Waals surface area contributed by atoms with Crippen molar-refractivity contribution in [2.75, 3.05) is 13.2 Å². The Morgan fingerprint density at radius 2 is 1.92 bits per heavy atom. The molecule has 0 rings (SSSR count). The molecule has 0 radical (unpaired) electrons. The quantitative estimate of drug-likeness (QED) is 0.568. The molecule has 13 heavy (non-hydrogen) atoms. The summed E-state index contributed by atoms with van der Waals surface area (Å²) in [6, 6.07) is 0. The van der Waals surface area contributed by atoms with Gasteiger partial charge in [0.05, 0.1) is 12.7 Å². The lowest BCUT2D eigenvalue weighted by Crippen LogP contribution is -2.29. The maximum Gasteiger partial charge on any atom is 0.103 e. The zero-order chi connectivity index (χ0) is 10.1. The number of hydrogen-bond acceptors (Lipinski definition) is 3. The van der Waals surface area contributed by atoms with Crippen molar-refractivity contribution in [3.8, 4) is 0 Å². The Kier molecular flexibility index (Phi) is 8.40. The van der Waals surface area contributed by atoms with E-state index in [9.17, 15) is 0 Å². The fraction of sp³-hybridized carbons (Fsp3) is 1.00. The molecule has 0 saturated carbocycles. The van der Waals surface area contributed by atoms with Crippen molar-refractivity contribution in [3.63, 3.8) is 0 Å². The number of ether oxygens (including phenoxy) is 1. The normalized spacial score (nSPS) is 15.7. The minimum absolute atomic E-state index is 0.226. The molecule has 0 amide bonds. The van der Waals surface area contributed by atoms with E-state index in [0.29, 0.717) is 6.61 Å². The highest BCUT2D eigenvalue weighted by molar-refractivity contribution is 4.61. The summed E-state index contributed by atoms with van der Waals surface area (Å²) >= 11 is 0. The predicted octanol–water partition coefficient (Wildman–Crippen LogP) is 1.32. The Balaban J connectivity index is 3.21. The number of aliphatic hydroxyl groups excluding tert-OH is 2. The molecule has 0 aromatic heterocycles. The van der Waals surface area contributed by atoms with Crippen molar-refractivity contribution in [3.05, 3.63) is 0 Å². The van der Waals surface area contributed by atoms with Crippen LogP contribution in [0.15, 0.2) is 0 Å². The number of unbranched alkanes of at least 4 members (excludes halogenated alkanes) is 3. The second-order valence-corrected chi connectivity index (χ2v) is 3.39. The van der Waals surface area contributed by atoms with Gasteiger partial charge in [-0.3, -0.25) is 0 Å². The maximum atomic E-state index is 9.15. The van der Waals surface area contributed by atoms with Gasteiger partial charge in [0.2, 0.25) is 0 Å². The summed E-state index contributed by atoms with van der Waals surface area (Å²) in [5.41, 5.74) is 0. The summed E-state index contributed by atoms with van der Waals surface area (Å²) in [6.45, 7) is 4.40. The highest BCUT2D eigenvalue weighted by Gasteiger charge is 2.12. The van der Waals surface area contributed by atoms with E-state index < -0.39 is 6.10 Å². The van der Waals surface area contributed by atoms with Gasteiger partial charge < -0.3 is 14.9 Å². The van der Waals surface area contributed by atoms with Crippen LogP contribution >= 0.6 is 0 Å². The largest absolute Gasteiger partial charge is 0.394 e. The second kappa shape index (κ2) is 8.48. The average Bonchev–Trinajstić information content (AvgIpc) is 2.16. The topological polar surface area (TPSA) is 49.7 Å². The number of rotatable bonds is 8. The monoisotopic (exact) mass is 190 g/mol. The van der Waals surface area contributed by atoms with Gasteiger partial charge in [0, 0.05) is 6.61 Å². The van der Waals surface area contributed by atoms with Crippen LogP contribution in [0.2, 0.25) is 0 Å². The van der Waals surface area contributed by atoms with Gasteiger partial charge in [0.15, 0.2) is 0 Å². The van der Waals surface area contributed by atoms with Gasteiger partial charge in [0.1, 0.15) is 6.10 Å². The SMILES string of the molecule is CCCCCCOC(C)C(O)CO. The van der Waals surface area contributed by atoms with Crippen LogP contribution in [0.5, 0.6) is 0 Å². The van der Waals surface area contributed by atoms with Crippen molar-refractivity contribution < 1.29 is 14.9 Å². The molecule has 0 heterocycles. The highest BCUT2D eigenvalue weighted by Crippen LogP contribution is 2.03. The predicted molar refractivity (Wildman–Crippen MR) is 52.6 cm³/mol. The third-order valence-electron chi connectivity index (χ3n) is 2.11. The first kappa shape index (κ1) is 12.9. The molecule has 3 nitrogen and oxygen atoms in total. The maximum absolute atomic E-state index is 9.15. The van der Waals surface area contributed by atoms with E-state index in [4.69, 9.17) is 14.9 Å². The highest BCUT2D eigenvalue weighted by atomic mass is 16.5. The molecule has 0 aliphatic heterocycles. The van der Waals surface area contributed by atoms with E-state index in [2.05, 4.69) is 6.92 Å². The van der Waals surface area contributed by atoms with E-state index in [1.807, 2.05) is 0 Å². The van der Waals surface area contributed by atoms with Crippen LogP contribution in [0.4, 0.5) is 0 Å². The van der Waals surface area contributed by atoms with Crippen LogP contribution in [0.25, 0.3) is 0 Å². The molecule has 0 aliphatic rings. The lowest BCUT2D eigenvalue weighted by Gasteiger charge is -2.17. The Hall–Kier alpha value is -0.120. The molecule has 0 aromatic rings. The minimum Gasteiger partial charge on any atom is -0.394 e. The zero-order valence-corrected chi connectivity index (χ0v) is 8.70. The molecule has 2 N–H and O–H groups in total. The Labute approximate surface area is 80.7 Å². The lowest BCUT2D eigenvalue weighted by atomic mass is 10.2. The van der Waals surface area contributed by atoms with Crippen LogP contribution in [0.3, 0.4) is 0 Å². The Morgan fingerprint density at radius 3 is 2.46 bits per heavy atom. The minimum atomic E-state index is -0.744.